The van der Waals surface area contributed by atoms with Gasteiger partial charge in [-0.1, -0.05) is 0 Å². The Morgan fingerprint density at radius 3 is 2.50 bits per heavy atom. The highest BCUT2D eigenvalue weighted by Gasteiger charge is 2.30. The highest BCUT2D eigenvalue weighted by molar-refractivity contribution is 5.85. The van der Waals surface area contributed by atoms with Gasteiger partial charge in [0.15, 0.2) is 0 Å². The maximum Gasteiger partial charge on any atom is 0.243 e. The SMILES string of the molecule is Cl.NC(=O)[C@H]1CNCc2c(-c3ccncc3)c(-c3ccc(F)cc3)nn21. The molecular formula is C18H17ClFN5O. The van der Waals surface area contributed by atoms with Gasteiger partial charge < -0.3 is 11.1 Å². The minimum Gasteiger partial charge on any atom is -0.368 e. The molecule has 0 unspecified atom stereocenters. The third kappa shape index (κ3) is 3.07. The summed E-state index contributed by atoms with van der Waals surface area (Å²) in [6.45, 7) is 0.998. The zero-order chi connectivity index (χ0) is 17.4. The van der Waals surface area contributed by atoms with Crippen LogP contribution in [0.3, 0.4) is 0 Å². The molecule has 0 spiro atoms. The maximum atomic E-state index is 13.3. The summed E-state index contributed by atoms with van der Waals surface area (Å²) in [6, 6.07) is 9.37. The molecule has 0 aliphatic carbocycles. The monoisotopic (exact) mass is 373 g/mol. The Kier molecular flexibility index (Phi) is 5.01. The number of fused-ring (bicyclic) bond motifs is 1. The van der Waals surface area contributed by atoms with E-state index in [0.717, 1.165) is 22.4 Å². The van der Waals surface area contributed by atoms with E-state index < -0.39 is 11.9 Å². The van der Waals surface area contributed by atoms with E-state index in [0.29, 0.717) is 18.8 Å². The smallest absolute Gasteiger partial charge is 0.243 e. The van der Waals surface area contributed by atoms with Crippen LogP contribution < -0.4 is 11.1 Å². The van der Waals surface area contributed by atoms with Crippen LogP contribution in [-0.4, -0.2) is 27.2 Å². The molecule has 0 bridgehead atoms. The highest BCUT2D eigenvalue weighted by atomic mass is 35.5. The fourth-order valence-corrected chi connectivity index (χ4v) is 3.16. The first kappa shape index (κ1) is 18.0. The van der Waals surface area contributed by atoms with Gasteiger partial charge in [0.2, 0.25) is 5.91 Å². The van der Waals surface area contributed by atoms with Gasteiger partial charge in [0.25, 0.3) is 0 Å². The predicted octanol–water partition coefficient (Wildman–Crippen LogP) is 2.30. The van der Waals surface area contributed by atoms with Crippen molar-refractivity contribution in [1.82, 2.24) is 20.1 Å². The third-order valence-corrected chi connectivity index (χ3v) is 4.35. The van der Waals surface area contributed by atoms with Gasteiger partial charge in [0.1, 0.15) is 17.6 Å². The number of carbonyl (C=O) groups excluding carboxylic acids is 1. The molecule has 1 aliphatic rings. The van der Waals surface area contributed by atoms with E-state index in [1.807, 2.05) is 12.1 Å². The molecule has 1 atom stereocenters. The van der Waals surface area contributed by atoms with Crippen molar-refractivity contribution < 1.29 is 9.18 Å². The lowest BCUT2D eigenvalue weighted by atomic mass is 9.99. The maximum absolute atomic E-state index is 13.3. The van der Waals surface area contributed by atoms with Crippen LogP contribution in [0.1, 0.15) is 11.7 Å². The van der Waals surface area contributed by atoms with Crippen molar-refractivity contribution >= 4 is 18.3 Å². The van der Waals surface area contributed by atoms with Gasteiger partial charge in [0.05, 0.1) is 5.69 Å². The molecule has 1 aliphatic heterocycles. The third-order valence-electron chi connectivity index (χ3n) is 4.35. The van der Waals surface area contributed by atoms with Crippen molar-refractivity contribution in [2.45, 2.75) is 12.6 Å². The van der Waals surface area contributed by atoms with Crippen LogP contribution in [0.4, 0.5) is 4.39 Å². The lowest BCUT2D eigenvalue weighted by Gasteiger charge is -2.23. The fraction of sp³-hybridized carbons (Fsp3) is 0.167. The Bertz CT molecular complexity index is 927. The van der Waals surface area contributed by atoms with Crippen molar-refractivity contribution in [3.05, 3.63) is 60.3 Å². The second kappa shape index (κ2) is 7.23. The number of aromatic nitrogens is 3. The van der Waals surface area contributed by atoms with E-state index >= 15 is 0 Å². The largest absolute Gasteiger partial charge is 0.368 e. The van der Waals surface area contributed by atoms with Crippen LogP contribution in [0.2, 0.25) is 0 Å². The Morgan fingerprint density at radius 2 is 1.85 bits per heavy atom. The van der Waals surface area contributed by atoms with Crippen molar-refractivity contribution in [2.24, 2.45) is 5.73 Å². The van der Waals surface area contributed by atoms with Crippen LogP contribution in [0, 0.1) is 5.82 Å². The Hall–Kier alpha value is -2.77. The van der Waals surface area contributed by atoms with Crippen LogP contribution >= 0.6 is 12.4 Å². The number of nitrogens with zero attached hydrogens (tertiary/aromatic N) is 3. The molecule has 0 saturated heterocycles. The van der Waals surface area contributed by atoms with E-state index in [2.05, 4.69) is 15.4 Å². The number of nitrogens with two attached hydrogens (primary N) is 1. The van der Waals surface area contributed by atoms with Crippen molar-refractivity contribution in [3.63, 3.8) is 0 Å². The number of nitrogens with one attached hydrogen (secondary N) is 1. The summed E-state index contributed by atoms with van der Waals surface area (Å²) in [7, 11) is 0. The van der Waals surface area contributed by atoms with E-state index in [1.54, 1.807) is 29.2 Å². The molecule has 3 N–H and O–H groups in total. The summed E-state index contributed by atoms with van der Waals surface area (Å²) in [4.78, 5) is 15.9. The highest BCUT2D eigenvalue weighted by Crippen LogP contribution is 2.36. The number of primary amides is 1. The summed E-state index contributed by atoms with van der Waals surface area (Å²) < 4.78 is 15.0. The minimum atomic E-state index is -0.557. The predicted molar refractivity (Wildman–Crippen MR) is 98.0 cm³/mol. The molecule has 3 aromatic rings. The molecule has 3 heterocycles. The number of pyridine rings is 1. The number of hydrogen-bond donors (Lipinski definition) is 2. The van der Waals surface area contributed by atoms with Gasteiger partial charge in [0, 0.05) is 36.6 Å². The Labute approximate surface area is 155 Å². The summed E-state index contributed by atoms with van der Waals surface area (Å²) >= 11 is 0. The topological polar surface area (TPSA) is 85.8 Å². The molecule has 26 heavy (non-hydrogen) atoms. The molecule has 1 amide bonds. The molecule has 8 heteroatoms. The molecule has 6 nitrogen and oxygen atoms in total. The summed E-state index contributed by atoms with van der Waals surface area (Å²) in [5, 5.41) is 7.88. The van der Waals surface area contributed by atoms with Gasteiger partial charge in [-0.05, 0) is 42.0 Å². The Balaban J connectivity index is 0.00000196. The molecule has 1 aromatic carbocycles. The zero-order valence-corrected chi connectivity index (χ0v) is 14.5. The zero-order valence-electron chi connectivity index (χ0n) is 13.7. The van der Waals surface area contributed by atoms with Crippen LogP contribution in [0.15, 0.2) is 48.8 Å². The second-order valence-electron chi connectivity index (χ2n) is 5.91. The summed E-state index contributed by atoms with van der Waals surface area (Å²) in [6.07, 6.45) is 3.41. The van der Waals surface area contributed by atoms with E-state index in [-0.39, 0.29) is 18.2 Å². The number of rotatable bonds is 3. The second-order valence-corrected chi connectivity index (χ2v) is 5.91. The van der Waals surface area contributed by atoms with Crippen molar-refractivity contribution in [3.8, 4) is 22.4 Å². The summed E-state index contributed by atoms with van der Waals surface area (Å²) in [5.74, 6) is -0.752. The molecule has 2 aromatic heterocycles. The van der Waals surface area contributed by atoms with Crippen molar-refractivity contribution in [2.75, 3.05) is 6.54 Å². The van der Waals surface area contributed by atoms with Gasteiger partial charge in [-0.25, -0.2) is 4.39 Å². The summed E-state index contributed by atoms with van der Waals surface area (Å²) in [5.41, 5.74) is 9.71. The Morgan fingerprint density at radius 1 is 1.15 bits per heavy atom. The average Bonchev–Trinajstić information content (AvgIpc) is 3.02. The average molecular weight is 374 g/mol. The minimum absolute atomic E-state index is 0. The number of benzene rings is 1. The van der Waals surface area contributed by atoms with Crippen LogP contribution in [-0.2, 0) is 11.3 Å². The lowest BCUT2D eigenvalue weighted by molar-refractivity contribution is -0.121. The molecule has 0 radical (unpaired) electrons. The fourth-order valence-electron chi connectivity index (χ4n) is 3.16. The molecule has 0 saturated carbocycles. The first-order valence-corrected chi connectivity index (χ1v) is 7.93. The van der Waals surface area contributed by atoms with Gasteiger partial charge in [-0.3, -0.25) is 14.5 Å². The molecule has 4 rings (SSSR count). The normalized spacial score (nSPS) is 15.8. The van der Waals surface area contributed by atoms with Crippen molar-refractivity contribution in [1.29, 1.82) is 0 Å². The first-order valence-electron chi connectivity index (χ1n) is 7.93. The van der Waals surface area contributed by atoms with E-state index in [9.17, 15) is 9.18 Å². The number of carbonyl (C=O) groups is 1. The molecule has 134 valence electrons. The number of amides is 1. The van der Waals surface area contributed by atoms with Gasteiger partial charge >= 0.3 is 0 Å². The first-order chi connectivity index (χ1) is 12.1. The number of hydrogen-bond acceptors (Lipinski definition) is 4. The lowest BCUT2D eigenvalue weighted by Crippen LogP contribution is -2.40. The van der Waals surface area contributed by atoms with Crippen LogP contribution in [0.5, 0.6) is 0 Å². The van der Waals surface area contributed by atoms with E-state index in [4.69, 9.17) is 5.73 Å². The van der Waals surface area contributed by atoms with Gasteiger partial charge in [-0.15, -0.1) is 12.4 Å². The van der Waals surface area contributed by atoms with Gasteiger partial charge in [-0.2, -0.15) is 5.10 Å². The van der Waals surface area contributed by atoms with Crippen LogP contribution in [0.25, 0.3) is 22.4 Å². The molecule has 0 fully saturated rings. The van der Waals surface area contributed by atoms with E-state index in [1.165, 1.54) is 12.1 Å². The number of halogens is 2. The standard InChI is InChI=1S/C18H16FN5O.ClH/c19-13-3-1-12(2-4-13)17-16(11-5-7-21-8-6-11)14-9-22-10-15(18(20)25)24(14)23-17;/h1-8,15,22H,9-10H2,(H2,20,25);1H/t15-;/m1./s1. The molecular weight excluding hydrogens is 357 g/mol. The quantitative estimate of drug-likeness (QED) is 0.737.